The van der Waals surface area contributed by atoms with Gasteiger partial charge in [-0.05, 0) is 37.6 Å². The average Bonchev–Trinajstić information content (AvgIpc) is 2.40. The van der Waals surface area contributed by atoms with Crippen LogP contribution in [0.5, 0.6) is 11.5 Å². The summed E-state index contributed by atoms with van der Waals surface area (Å²) in [6.45, 7) is 3.33. The van der Waals surface area contributed by atoms with Crippen LogP contribution in [-0.2, 0) is 0 Å². The molecule has 0 heterocycles. The Balaban J connectivity index is 2.39. The fourth-order valence-electron chi connectivity index (χ4n) is 1.95. The Morgan fingerprint density at radius 1 is 1.29 bits per heavy atom. The molecule has 2 aromatic rings. The lowest BCUT2D eigenvalue weighted by molar-refractivity contribution is -0.386. The molecular formula is C15H15FN2O3. The van der Waals surface area contributed by atoms with Crippen molar-refractivity contribution in [1.82, 2.24) is 0 Å². The highest BCUT2D eigenvalue weighted by Gasteiger charge is 2.20. The van der Waals surface area contributed by atoms with Crippen molar-refractivity contribution in [2.75, 3.05) is 0 Å². The van der Waals surface area contributed by atoms with Gasteiger partial charge in [0, 0.05) is 11.6 Å². The average molecular weight is 290 g/mol. The first-order valence-corrected chi connectivity index (χ1v) is 6.37. The zero-order chi connectivity index (χ0) is 15.6. The van der Waals surface area contributed by atoms with Crippen LogP contribution in [0.1, 0.15) is 24.1 Å². The molecule has 0 aliphatic rings. The quantitative estimate of drug-likeness (QED) is 0.685. The molecule has 1 atom stereocenters. The zero-order valence-electron chi connectivity index (χ0n) is 11.7. The summed E-state index contributed by atoms with van der Waals surface area (Å²) in [5.74, 6) is -0.679. The Morgan fingerprint density at radius 3 is 2.57 bits per heavy atom. The van der Waals surface area contributed by atoms with Gasteiger partial charge < -0.3 is 10.5 Å². The Labute approximate surface area is 121 Å². The van der Waals surface area contributed by atoms with E-state index in [-0.39, 0.29) is 23.2 Å². The van der Waals surface area contributed by atoms with Gasteiger partial charge in [-0.3, -0.25) is 10.1 Å². The second-order valence-corrected chi connectivity index (χ2v) is 4.76. The van der Waals surface area contributed by atoms with Crippen LogP contribution in [0, 0.1) is 22.9 Å². The van der Waals surface area contributed by atoms with E-state index in [9.17, 15) is 14.5 Å². The van der Waals surface area contributed by atoms with Gasteiger partial charge in [0.15, 0.2) is 11.6 Å². The summed E-state index contributed by atoms with van der Waals surface area (Å²) in [5.41, 5.74) is 6.57. The molecule has 6 heteroatoms. The number of nitrogens with zero attached hydrogens (tertiary/aromatic N) is 1. The third-order valence-corrected chi connectivity index (χ3v) is 3.08. The predicted octanol–water partition coefficient (Wildman–Crippen LogP) is 3.85. The zero-order valence-corrected chi connectivity index (χ0v) is 11.7. The minimum absolute atomic E-state index is 0.00690. The van der Waals surface area contributed by atoms with E-state index in [0.29, 0.717) is 11.1 Å². The minimum Gasteiger partial charge on any atom is -0.447 e. The Bertz CT molecular complexity index is 687. The number of benzene rings is 2. The van der Waals surface area contributed by atoms with Gasteiger partial charge in [-0.25, -0.2) is 4.39 Å². The number of nitrogens with two attached hydrogens (primary N) is 1. The van der Waals surface area contributed by atoms with Crippen LogP contribution in [0.2, 0.25) is 0 Å². The fourth-order valence-corrected chi connectivity index (χ4v) is 1.95. The molecule has 21 heavy (non-hydrogen) atoms. The van der Waals surface area contributed by atoms with Crippen LogP contribution in [0.15, 0.2) is 36.4 Å². The number of halogens is 1. The molecule has 0 fully saturated rings. The molecule has 2 N–H and O–H groups in total. The molecule has 5 nitrogen and oxygen atoms in total. The number of ether oxygens (including phenoxy) is 1. The molecule has 0 radical (unpaired) electrons. The van der Waals surface area contributed by atoms with Crippen molar-refractivity contribution >= 4 is 5.69 Å². The highest BCUT2D eigenvalue weighted by molar-refractivity contribution is 5.53. The minimum atomic E-state index is -0.611. The molecule has 0 aromatic heterocycles. The third-order valence-electron chi connectivity index (χ3n) is 3.08. The maximum Gasteiger partial charge on any atom is 0.314 e. The van der Waals surface area contributed by atoms with E-state index in [0.717, 1.165) is 0 Å². The normalized spacial score (nSPS) is 12.0. The molecule has 0 amide bonds. The van der Waals surface area contributed by atoms with Gasteiger partial charge in [-0.15, -0.1) is 0 Å². The number of hydrogen-bond donors (Lipinski definition) is 1. The van der Waals surface area contributed by atoms with E-state index in [4.69, 9.17) is 10.5 Å². The van der Waals surface area contributed by atoms with Gasteiger partial charge >= 0.3 is 5.69 Å². The van der Waals surface area contributed by atoms with Crippen LogP contribution < -0.4 is 10.5 Å². The lowest BCUT2D eigenvalue weighted by Crippen LogP contribution is -2.05. The van der Waals surface area contributed by atoms with Crippen molar-refractivity contribution in [2.24, 2.45) is 5.73 Å². The molecule has 0 saturated carbocycles. The van der Waals surface area contributed by atoms with E-state index < -0.39 is 10.7 Å². The second-order valence-electron chi connectivity index (χ2n) is 4.76. The third kappa shape index (κ3) is 3.17. The number of rotatable bonds is 4. The Morgan fingerprint density at radius 2 is 2.00 bits per heavy atom. The molecule has 0 spiro atoms. The van der Waals surface area contributed by atoms with Crippen LogP contribution in [0.4, 0.5) is 10.1 Å². The van der Waals surface area contributed by atoms with Crippen molar-refractivity contribution < 1.29 is 14.1 Å². The van der Waals surface area contributed by atoms with Crippen LogP contribution in [0.3, 0.4) is 0 Å². The molecular weight excluding hydrogens is 275 g/mol. The first-order valence-electron chi connectivity index (χ1n) is 6.37. The Kier molecular flexibility index (Phi) is 4.18. The lowest BCUT2D eigenvalue weighted by atomic mass is 10.1. The van der Waals surface area contributed by atoms with Gasteiger partial charge in [-0.1, -0.05) is 18.2 Å². The number of para-hydroxylation sites is 1. The van der Waals surface area contributed by atoms with E-state index in [1.807, 2.05) is 0 Å². The first-order chi connectivity index (χ1) is 9.90. The molecule has 2 rings (SSSR count). The molecule has 0 aliphatic heterocycles. The van der Waals surface area contributed by atoms with E-state index in [1.165, 1.54) is 18.2 Å². The summed E-state index contributed by atoms with van der Waals surface area (Å²) in [5, 5.41) is 11.1. The summed E-state index contributed by atoms with van der Waals surface area (Å²) in [4.78, 5) is 10.5. The summed E-state index contributed by atoms with van der Waals surface area (Å²) in [6.07, 6.45) is 0. The molecule has 0 bridgehead atoms. The topological polar surface area (TPSA) is 78.4 Å². The van der Waals surface area contributed by atoms with Crippen molar-refractivity contribution in [3.8, 4) is 11.5 Å². The maximum absolute atomic E-state index is 14.0. The number of nitro groups is 1. The molecule has 2 aromatic carbocycles. The highest BCUT2D eigenvalue weighted by atomic mass is 19.1. The van der Waals surface area contributed by atoms with Crippen molar-refractivity contribution in [3.63, 3.8) is 0 Å². The van der Waals surface area contributed by atoms with Gasteiger partial charge in [0.2, 0.25) is 5.75 Å². The lowest BCUT2D eigenvalue weighted by Gasteiger charge is -2.11. The van der Waals surface area contributed by atoms with Gasteiger partial charge in [0.25, 0.3) is 0 Å². The predicted molar refractivity (Wildman–Crippen MR) is 76.9 cm³/mol. The number of hydrogen-bond acceptors (Lipinski definition) is 4. The van der Waals surface area contributed by atoms with Crippen molar-refractivity contribution in [3.05, 3.63) is 63.5 Å². The molecule has 110 valence electrons. The van der Waals surface area contributed by atoms with E-state index >= 15 is 0 Å². The van der Waals surface area contributed by atoms with Crippen LogP contribution in [-0.4, -0.2) is 4.92 Å². The number of nitro benzene ring substituents is 1. The van der Waals surface area contributed by atoms with E-state index in [2.05, 4.69) is 0 Å². The van der Waals surface area contributed by atoms with Crippen LogP contribution >= 0.6 is 0 Å². The van der Waals surface area contributed by atoms with Gasteiger partial charge in [0.05, 0.1) is 4.92 Å². The fraction of sp³-hybridized carbons (Fsp3) is 0.200. The molecule has 0 aliphatic carbocycles. The van der Waals surface area contributed by atoms with Crippen molar-refractivity contribution in [1.29, 1.82) is 0 Å². The summed E-state index contributed by atoms with van der Waals surface area (Å²) < 4.78 is 19.3. The van der Waals surface area contributed by atoms with Crippen molar-refractivity contribution in [2.45, 2.75) is 19.9 Å². The Hall–Kier alpha value is -2.47. The number of aryl methyl sites for hydroxylation is 1. The second kappa shape index (κ2) is 5.88. The van der Waals surface area contributed by atoms with Gasteiger partial charge in [0.1, 0.15) is 0 Å². The van der Waals surface area contributed by atoms with Crippen LogP contribution in [0.25, 0.3) is 0 Å². The highest BCUT2D eigenvalue weighted by Crippen LogP contribution is 2.35. The summed E-state index contributed by atoms with van der Waals surface area (Å²) in [7, 11) is 0. The monoisotopic (exact) mass is 290 g/mol. The smallest absolute Gasteiger partial charge is 0.314 e. The maximum atomic E-state index is 14.0. The SMILES string of the molecule is Cc1cccc(Oc2ccc(C(C)N)cc2F)c1[N+](=O)[O-]. The first kappa shape index (κ1) is 14.9. The van der Waals surface area contributed by atoms with E-state index in [1.54, 1.807) is 32.0 Å². The largest absolute Gasteiger partial charge is 0.447 e. The molecule has 1 unspecified atom stereocenters. The standard InChI is InChI=1S/C15H15FN2O3/c1-9-4-3-5-14(15(9)18(19)20)21-13-7-6-11(10(2)17)8-12(13)16/h3-8,10H,17H2,1-2H3. The molecule has 0 saturated heterocycles. The van der Waals surface area contributed by atoms with Gasteiger partial charge in [-0.2, -0.15) is 0 Å². The summed E-state index contributed by atoms with van der Waals surface area (Å²) >= 11 is 0. The summed E-state index contributed by atoms with van der Waals surface area (Å²) in [6, 6.07) is 8.66.